The molecule has 0 saturated carbocycles. The molecule has 0 heterocycles. The summed E-state index contributed by atoms with van der Waals surface area (Å²) in [5.41, 5.74) is 4.86. The maximum atomic E-state index is 6.01. The molecule has 3 nitrogen and oxygen atoms in total. The van der Waals surface area contributed by atoms with E-state index in [1.807, 2.05) is 0 Å². The van der Waals surface area contributed by atoms with Gasteiger partial charge in [0.2, 0.25) is 0 Å². The van der Waals surface area contributed by atoms with Gasteiger partial charge in [0.25, 0.3) is 0 Å². The molecule has 0 fully saturated rings. The van der Waals surface area contributed by atoms with Crippen molar-refractivity contribution in [2.75, 3.05) is 14.2 Å². The molecule has 6 radical (unpaired) electrons. The Kier molecular flexibility index (Phi) is 4.34. The first-order valence-electron chi connectivity index (χ1n) is 5.22. The Hall–Kier alpha value is -0.735. The lowest BCUT2D eigenvalue weighted by Crippen LogP contribution is -2.58. The molecule has 0 aliphatic carbocycles. The second kappa shape index (κ2) is 5.10. The van der Waals surface area contributed by atoms with Gasteiger partial charge in [-0.05, 0) is 17.1 Å². The fourth-order valence-electron chi connectivity index (χ4n) is 1.47. The van der Waals surface area contributed by atoms with Crippen molar-refractivity contribution in [2.45, 2.75) is 17.6 Å². The van der Waals surface area contributed by atoms with Crippen molar-refractivity contribution in [1.82, 2.24) is 0 Å². The molecule has 1 unspecified atom stereocenters. The molecule has 0 aliphatic rings. The molecule has 1 rings (SSSR count). The molecule has 18 heavy (non-hydrogen) atoms. The normalized spacial score (nSPS) is 14.9. The van der Waals surface area contributed by atoms with E-state index in [0.29, 0.717) is 22.1 Å². The summed E-state index contributed by atoms with van der Waals surface area (Å²) in [6.45, 7) is 1.52. The molecule has 0 saturated heterocycles. The molecule has 0 aromatic heterocycles. The number of nitrogens with two attached hydrogens (primary N) is 1. The van der Waals surface area contributed by atoms with Crippen molar-refractivity contribution in [1.29, 1.82) is 0 Å². The van der Waals surface area contributed by atoms with Gasteiger partial charge in [-0.15, -0.1) is 0 Å². The number of methoxy groups -OCH3 is 2. The Bertz CT molecular complexity index is 447. The number of hydrogen-bond acceptors (Lipinski definition) is 3. The summed E-state index contributed by atoms with van der Waals surface area (Å²) in [6, 6.07) is 3.12. The topological polar surface area (TPSA) is 44.5 Å². The fourth-order valence-corrected chi connectivity index (χ4v) is 1.70. The highest BCUT2D eigenvalue weighted by atomic mass is 35.5. The van der Waals surface area contributed by atoms with Crippen LogP contribution in [-0.2, 0) is 5.21 Å². The molecule has 7 heteroatoms. The summed E-state index contributed by atoms with van der Waals surface area (Å²) in [5.74, 6) is 0.810. The predicted octanol–water partition coefficient (Wildman–Crippen LogP) is 0.690. The molecule has 1 aromatic carbocycles. The van der Waals surface area contributed by atoms with Crippen molar-refractivity contribution in [2.24, 2.45) is 5.73 Å². The standard InChI is InChI=1S/C11H13B3ClNO2/c1-10(12,16)11(13,14)6-4-9(18-3)7(15)5-8(6)17-2/h4-5H,16H2,1-3H3. The number of hydrogen-bond donors (Lipinski definition) is 1. The Morgan fingerprint density at radius 1 is 1.11 bits per heavy atom. The zero-order chi connectivity index (χ0) is 14.1. The molecule has 90 valence electrons. The van der Waals surface area contributed by atoms with Crippen LogP contribution in [0.25, 0.3) is 0 Å². The van der Waals surface area contributed by atoms with Crippen LogP contribution in [0.1, 0.15) is 12.5 Å². The van der Waals surface area contributed by atoms with E-state index >= 15 is 0 Å². The van der Waals surface area contributed by atoms with E-state index in [9.17, 15) is 0 Å². The lowest BCUT2D eigenvalue weighted by Gasteiger charge is -2.41. The van der Waals surface area contributed by atoms with Gasteiger partial charge in [-0.1, -0.05) is 23.7 Å². The summed E-state index contributed by atoms with van der Waals surface area (Å²) in [6.07, 6.45) is 0. The minimum atomic E-state index is -1.50. The van der Waals surface area contributed by atoms with Crippen LogP contribution in [0.3, 0.4) is 0 Å². The first-order chi connectivity index (χ1) is 8.15. The van der Waals surface area contributed by atoms with Gasteiger partial charge in [0.05, 0.1) is 42.8 Å². The summed E-state index contributed by atoms with van der Waals surface area (Å²) in [7, 11) is 20.8. The average Bonchev–Trinajstić information content (AvgIpc) is 2.26. The third-order valence-electron chi connectivity index (χ3n) is 2.81. The van der Waals surface area contributed by atoms with Crippen LogP contribution in [0, 0.1) is 0 Å². The SMILES string of the molecule is [B]C(C)(N)C([B])([B])c1cc(OC)c(Cl)cc1OC. The quantitative estimate of drug-likeness (QED) is 0.809. The minimum absolute atomic E-state index is 0.379. The maximum absolute atomic E-state index is 6.01. The molecule has 1 atom stereocenters. The van der Waals surface area contributed by atoms with Crippen LogP contribution in [0.4, 0.5) is 0 Å². The zero-order valence-corrected chi connectivity index (χ0v) is 11.4. The van der Waals surface area contributed by atoms with E-state index in [2.05, 4.69) is 0 Å². The van der Waals surface area contributed by atoms with Gasteiger partial charge >= 0.3 is 0 Å². The lowest BCUT2D eigenvalue weighted by atomic mass is 9.38. The highest BCUT2D eigenvalue weighted by molar-refractivity contribution is 6.45. The Morgan fingerprint density at radius 3 is 2.00 bits per heavy atom. The minimum Gasteiger partial charge on any atom is -0.496 e. The first kappa shape index (κ1) is 15.3. The molecule has 1 aromatic rings. The molecule has 0 amide bonds. The van der Waals surface area contributed by atoms with E-state index < -0.39 is 10.7 Å². The van der Waals surface area contributed by atoms with Crippen LogP contribution in [0.5, 0.6) is 11.5 Å². The number of benzene rings is 1. The van der Waals surface area contributed by atoms with E-state index in [0.717, 1.165) is 0 Å². The fraction of sp³-hybridized carbons (Fsp3) is 0.455. The molecule has 0 aliphatic heterocycles. The van der Waals surface area contributed by atoms with Crippen LogP contribution in [0.15, 0.2) is 12.1 Å². The van der Waals surface area contributed by atoms with E-state index in [4.69, 9.17) is 50.3 Å². The maximum Gasteiger partial charge on any atom is 0.137 e. The van der Waals surface area contributed by atoms with Crippen molar-refractivity contribution in [3.05, 3.63) is 22.7 Å². The van der Waals surface area contributed by atoms with E-state index in [1.165, 1.54) is 21.1 Å². The third-order valence-corrected chi connectivity index (χ3v) is 3.11. The van der Waals surface area contributed by atoms with Crippen LogP contribution in [0.2, 0.25) is 5.02 Å². The van der Waals surface area contributed by atoms with Gasteiger partial charge in [-0.3, -0.25) is 0 Å². The highest BCUT2D eigenvalue weighted by Gasteiger charge is 2.36. The van der Waals surface area contributed by atoms with Gasteiger partial charge in [-0.25, -0.2) is 0 Å². The second-order valence-corrected chi connectivity index (χ2v) is 4.75. The van der Waals surface area contributed by atoms with Crippen molar-refractivity contribution in [3.63, 3.8) is 0 Å². The largest absolute Gasteiger partial charge is 0.496 e. The van der Waals surface area contributed by atoms with Crippen LogP contribution >= 0.6 is 11.6 Å². The first-order valence-corrected chi connectivity index (χ1v) is 5.60. The van der Waals surface area contributed by atoms with E-state index in [1.54, 1.807) is 12.1 Å². The summed E-state index contributed by atoms with van der Waals surface area (Å²) < 4.78 is 10.3. The highest BCUT2D eigenvalue weighted by Crippen LogP contribution is 2.39. The molecule has 0 bridgehead atoms. The Morgan fingerprint density at radius 2 is 1.61 bits per heavy atom. The van der Waals surface area contributed by atoms with Crippen molar-refractivity contribution >= 4 is 35.1 Å². The summed E-state index contributed by atoms with van der Waals surface area (Å²) in [5, 5.41) is -1.12. The molecular formula is C11H13B3ClNO2. The number of rotatable bonds is 4. The van der Waals surface area contributed by atoms with Crippen molar-refractivity contribution < 1.29 is 9.47 Å². The van der Waals surface area contributed by atoms with Crippen LogP contribution < -0.4 is 15.2 Å². The van der Waals surface area contributed by atoms with Gasteiger partial charge < -0.3 is 15.2 Å². The second-order valence-electron chi connectivity index (χ2n) is 4.34. The Balaban J connectivity index is 3.48. The van der Waals surface area contributed by atoms with Gasteiger partial charge in [0.15, 0.2) is 0 Å². The number of halogens is 1. The van der Waals surface area contributed by atoms with Crippen LogP contribution in [-0.4, -0.2) is 43.2 Å². The Labute approximate surface area is 117 Å². The molecule has 0 spiro atoms. The summed E-state index contributed by atoms with van der Waals surface area (Å²) >= 11 is 6.00. The van der Waals surface area contributed by atoms with Gasteiger partial charge in [0.1, 0.15) is 11.5 Å². The van der Waals surface area contributed by atoms with E-state index in [-0.39, 0.29) is 0 Å². The molecule has 2 N–H and O–H groups in total. The monoisotopic (exact) mass is 259 g/mol. The average molecular weight is 259 g/mol. The number of ether oxygens (including phenoxy) is 2. The molecular weight excluding hydrogens is 246 g/mol. The zero-order valence-electron chi connectivity index (χ0n) is 10.7. The predicted molar refractivity (Wildman–Crippen MR) is 76.1 cm³/mol. The smallest absolute Gasteiger partial charge is 0.137 e. The van der Waals surface area contributed by atoms with Gasteiger partial charge in [-0.2, -0.15) is 0 Å². The van der Waals surface area contributed by atoms with Gasteiger partial charge in [0, 0.05) is 6.07 Å². The lowest BCUT2D eigenvalue weighted by molar-refractivity contribution is 0.393. The van der Waals surface area contributed by atoms with Crippen molar-refractivity contribution in [3.8, 4) is 11.5 Å². The third kappa shape index (κ3) is 2.65. The summed E-state index contributed by atoms with van der Waals surface area (Å²) in [4.78, 5) is 0.